The second kappa shape index (κ2) is 14.3. The van der Waals surface area contributed by atoms with Crippen molar-refractivity contribution in [3.05, 3.63) is 35.9 Å². The topological polar surface area (TPSA) is 76.7 Å². The molecule has 0 aromatic heterocycles. The molecular formula is C19H30N2O4. The molecule has 0 fully saturated rings. The van der Waals surface area contributed by atoms with Crippen molar-refractivity contribution >= 4 is 12.0 Å². The molecule has 6 nitrogen and oxygen atoms in total. The fourth-order valence-corrected chi connectivity index (χ4v) is 2.23. The molecule has 1 aromatic carbocycles. The molecule has 0 heterocycles. The highest BCUT2D eigenvalue weighted by Crippen LogP contribution is 2.00. The second-order valence-corrected chi connectivity index (χ2v) is 5.77. The van der Waals surface area contributed by atoms with Crippen LogP contribution in [0.4, 0.5) is 4.79 Å². The van der Waals surface area contributed by atoms with Gasteiger partial charge in [-0.05, 0) is 37.7 Å². The van der Waals surface area contributed by atoms with Gasteiger partial charge in [-0.3, -0.25) is 4.79 Å². The Morgan fingerprint density at radius 3 is 2.28 bits per heavy atom. The van der Waals surface area contributed by atoms with Gasteiger partial charge < -0.3 is 20.1 Å². The number of ether oxygens (including phenoxy) is 2. The summed E-state index contributed by atoms with van der Waals surface area (Å²) in [5.41, 5.74) is 1.28. The zero-order valence-corrected chi connectivity index (χ0v) is 15.1. The van der Waals surface area contributed by atoms with Gasteiger partial charge in [0.25, 0.3) is 0 Å². The first-order valence-electron chi connectivity index (χ1n) is 8.92. The minimum atomic E-state index is -0.213. The summed E-state index contributed by atoms with van der Waals surface area (Å²) < 4.78 is 10.2. The smallest absolute Gasteiger partial charge is 0.314 e. The number of carbonyl (C=O) groups is 2. The molecule has 0 radical (unpaired) electrons. The first-order valence-corrected chi connectivity index (χ1v) is 8.92. The quantitative estimate of drug-likeness (QED) is 0.424. The maximum Gasteiger partial charge on any atom is 0.314 e. The molecule has 2 N–H and O–H groups in total. The largest absolute Gasteiger partial charge is 0.469 e. The van der Waals surface area contributed by atoms with Crippen molar-refractivity contribution in [3.63, 3.8) is 0 Å². The van der Waals surface area contributed by atoms with Crippen molar-refractivity contribution in [2.45, 2.75) is 38.5 Å². The maximum atomic E-state index is 11.5. The van der Waals surface area contributed by atoms with Gasteiger partial charge >= 0.3 is 12.0 Å². The molecule has 0 atom stereocenters. The number of nitrogens with one attached hydrogen (secondary N) is 2. The molecule has 0 aliphatic carbocycles. The summed E-state index contributed by atoms with van der Waals surface area (Å²) in [5, 5.41) is 5.58. The normalized spacial score (nSPS) is 10.3. The zero-order valence-electron chi connectivity index (χ0n) is 15.1. The average molecular weight is 350 g/mol. The van der Waals surface area contributed by atoms with Gasteiger partial charge in [0.2, 0.25) is 0 Å². The van der Waals surface area contributed by atoms with Gasteiger partial charge in [-0.15, -0.1) is 0 Å². The van der Waals surface area contributed by atoms with Gasteiger partial charge in [0.1, 0.15) is 0 Å². The summed E-state index contributed by atoms with van der Waals surface area (Å²) in [6.45, 7) is 2.63. The van der Waals surface area contributed by atoms with Crippen LogP contribution in [-0.4, -0.2) is 45.4 Å². The Balaban J connectivity index is 1.84. The van der Waals surface area contributed by atoms with E-state index in [4.69, 9.17) is 4.74 Å². The number of hydrogen-bond donors (Lipinski definition) is 2. The lowest BCUT2D eigenvalue weighted by Crippen LogP contribution is -2.36. The third-order valence-electron chi connectivity index (χ3n) is 3.70. The summed E-state index contributed by atoms with van der Waals surface area (Å²) in [5.74, 6) is -0.213. The number of rotatable bonds is 13. The molecule has 140 valence electrons. The van der Waals surface area contributed by atoms with E-state index in [0.29, 0.717) is 32.5 Å². The molecule has 0 unspecified atom stereocenters. The summed E-state index contributed by atoms with van der Waals surface area (Å²) in [7, 11) is 1.38. The maximum absolute atomic E-state index is 11.5. The Morgan fingerprint density at radius 2 is 1.60 bits per heavy atom. The van der Waals surface area contributed by atoms with Crippen LogP contribution < -0.4 is 10.6 Å². The number of urea groups is 1. The summed E-state index contributed by atoms with van der Waals surface area (Å²) in [6, 6.07) is 10.1. The molecule has 0 aliphatic heterocycles. The zero-order chi connectivity index (χ0) is 18.2. The van der Waals surface area contributed by atoms with E-state index in [-0.39, 0.29) is 12.0 Å². The SMILES string of the molecule is COC(=O)CCCCNC(=O)NCCCCOCCc1ccccc1. The minimum absolute atomic E-state index is 0.164. The monoisotopic (exact) mass is 350 g/mol. The van der Waals surface area contributed by atoms with E-state index >= 15 is 0 Å². The first kappa shape index (κ1) is 21.0. The van der Waals surface area contributed by atoms with Gasteiger partial charge in [0, 0.05) is 26.1 Å². The molecule has 0 saturated carbocycles. The Labute approximate surface area is 150 Å². The average Bonchev–Trinajstić information content (AvgIpc) is 2.64. The summed E-state index contributed by atoms with van der Waals surface area (Å²) in [6.07, 6.45) is 4.61. The number of esters is 1. The van der Waals surface area contributed by atoms with Gasteiger partial charge in [0.15, 0.2) is 0 Å². The minimum Gasteiger partial charge on any atom is -0.469 e. The first-order chi connectivity index (χ1) is 12.2. The number of carbonyl (C=O) groups excluding carboxylic acids is 2. The van der Waals surface area contributed by atoms with Crippen molar-refractivity contribution in [2.75, 3.05) is 33.4 Å². The van der Waals surface area contributed by atoms with Crippen LogP contribution in [0.15, 0.2) is 30.3 Å². The highest BCUT2D eigenvalue weighted by atomic mass is 16.5. The van der Waals surface area contributed by atoms with E-state index in [0.717, 1.165) is 32.3 Å². The molecule has 0 bridgehead atoms. The Hall–Kier alpha value is -2.08. The Kier molecular flexibility index (Phi) is 12.0. The van der Waals surface area contributed by atoms with Crippen LogP contribution in [0.1, 0.15) is 37.7 Å². The third kappa shape index (κ3) is 12.0. The predicted molar refractivity (Wildman–Crippen MR) is 97.5 cm³/mol. The van der Waals surface area contributed by atoms with Crippen LogP contribution in [0.5, 0.6) is 0 Å². The van der Waals surface area contributed by atoms with Gasteiger partial charge in [-0.1, -0.05) is 30.3 Å². The fourth-order valence-electron chi connectivity index (χ4n) is 2.23. The number of hydrogen-bond acceptors (Lipinski definition) is 4. The highest BCUT2D eigenvalue weighted by Gasteiger charge is 2.01. The lowest BCUT2D eigenvalue weighted by Gasteiger charge is -2.08. The van der Waals surface area contributed by atoms with Crippen molar-refractivity contribution < 1.29 is 19.1 Å². The van der Waals surface area contributed by atoms with E-state index in [1.165, 1.54) is 12.7 Å². The van der Waals surface area contributed by atoms with Crippen molar-refractivity contribution in [3.8, 4) is 0 Å². The summed E-state index contributed by atoms with van der Waals surface area (Å²) in [4.78, 5) is 22.5. The van der Waals surface area contributed by atoms with Crippen molar-refractivity contribution in [1.82, 2.24) is 10.6 Å². The van der Waals surface area contributed by atoms with E-state index in [2.05, 4.69) is 27.5 Å². The molecular weight excluding hydrogens is 320 g/mol. The molecule has 0 aliphatic rings. The predicted octanol–water partition coefficient (Wildman–Crippen LogP) is 2.67. The second-order valence-electron chi connectivity index (χ2n) is 5.77. The fraction of sp³-hybridized carbons (Fsp3) is 0.579. The lowest BCUT2D eigenvalue weighted by atomic mass is 10.2. The molecule has 25 heavy (non-hydrogen) atoms. The van der Waals surface area contributed by atoms with E-state index < -0.39 is 0 Å². The van der Waals surface area contributed by atoms with Crippen LogP contribution in [0, 0.1) is 0 Å². The van der Waals surface area contributed by atoms with Crippen molar-refractivity contribution in [2.24, 2.45) is 0 Å². The molecule has 0 saturated heterocycles. The van der Waals surface area contributed by atoms with Crippen LogP contribution >= 0.6 is 0 Å². The number of unbranched alkanes of at least 4 members (excludes halogenated alkanes) is 2. The molecule has 0 spiro atoms. The van der Waals surface area contributed by atoms with Crippen LogP contribution in [0.2, 0.25) is 0 Å². The Bertz CT molecular complexity index is 480. The van der Waals surface area contributed by atoms with Gasteiger partial charge in [-0.2, -0.15) is 0 Å². The number of amides is 2. The van der Waals surface area contributed by atoms with Crippen LogP contribution in [0.3, 0.4) is 0 Å². The number of benzene rings is 1. The number of methoxy groups -OCH3 is 1. The third-order valence-corrected chi connectivity index (χ3v) is 3.70. The van der Waals surface area contributed by atoms with E-state index in [1.54, 1.807) is 0 Å². The molecule has 1 aromatic rings. The van der Waals surface area contributed by atoms with E-state index in [9.17, 15) is 9.59 Å². The lowest BCUT2D eigenvalue weighted by molar-refractivity contribution is -0.140. The standard InChI is InChI=1S/C19H30N2O4/c1-24-18(22)11-5-6-13-20-19(23)21-14-7-8-15-25-16-12-17-9-3-2-4-10-17/h2-4,9-10H,5-8,11-16H2,1H3,(H2,20,21,23). The van der Waals surface area contributed by atoms with Crippen molar-refractivity contribution in [1.29, 1.82) is 0 Å². The molecule has 1 rings (SSSR count). The molecule has 6 heteroatoms. The van der Waals surface area contributed by atoms with E-state index in [1.807, 2.05) is 18.2 Å². The van der Waals surface area contributed by atoms with Gasteiger partial charge in [-0.25, -0.2) is 4.79 Å². The van der Waals surface area contributed by atoms with Crippen LogP contribution in [0.25, 0.3) is 0 Å². The van der Waals surface area contributed by atoms with Crippen LogP contribution in [-0.2, 0) is 20.7 Å². The highest BCUT2D eigenvalue weighted by molar-refractivity contribution is 5.73. The van der Waals surface area contributed by atoms with Gasteiger partial charge in [0.05, 0.1) is 13.7 Å². The Morgan fingerprint density at radius 1 is 0.920 bits per heavy atom. The molecule has 2 amide bonds. The summed E-state index contributed by atoms with van der Waals surface area (Å²) >= 11 is 0.